The largest absolute Gasteiger partial charge is 0.356 e. The number of rotatable bonds is 6. The second-order valence-corrected chi connectivity index (χ2v) is 4.72. The first kappa shape index (κ1) is 14.5. The van der Waals surface area contributed by atoms with Gasteiger partial charge in [-0.05, 0) is 30.4 Å². The third-order valence-electron chi connectivity index (χ3n) is 2.67. The van der Waals surface area contributed by atoms with Crippen molar-refractivity contribution in [1.29, 1.82) is 0 Å². The summed E-state index contributed by atoms with van der Waals surface area (Å²) in [6, 6.07) is 4.05. The van der Waals surface area contributed by atoms with Gasteiger partial charge in [-0.3, -0.25) is 9.98 Å². The average molecular weight is 248 g/mol. The van der Waals surface area contributed by atoms with Crippen molar-refractivity contribution in [2.45, 2.75) is 26.7 Å². The Bertz CT molecular complexity index is 346. The van der Waals surface area contributed by atoms with E-state index in [1.165, 1.54) is 5.56 Å². The molecule has 1 aromatic heterocycles. The lowest BCUT2D eigenvalue weighted by Gasteiger charge is -2.12. The van der Waals surface area contributed by atoms with Crippen LogP contribution >= 0.6 is 0 Å². The molecule has 2 N–H and O–H groups in total. The smallest absolute Gasteiger partial charge is 0.190 e. The zero-order chi connectivity index (χ0) is 13.2. The van der Waals surface area contributed by atoms with Crippen LogP contribution in [-0.4, -0.2) is 31.1 Å². The summed E-state index contributed by atoms with van der Waals surface area (Å²) < 4.78 is 0. The van der Waals surface area contributed by atoms with Crippen LogP contribution in [0.5, 0.6) is 0 Å². The van der Waals surface area contributed by atoms with Gasteiger partial charge < -0.3 is 10.6 Å². The maximum absolute atomic E-state index is 4.19. The minimum Gasteiger partial charge on any atom is -0.356 e. The Labute approximate surface area is 110 Å². The van der Waals surface area contributed by atoms with E-state index in [0.29, 0.717) is 5.92 Å². The zero-order valence-electron chi connectivity index (χ0n) is 11.6. The first-order valence-corrected chi connectivity index (χ1v) is 6.55. The standard InChI is InChI=1S/C14H24N4/c1-12(2)6-9-17-14(15-3)18-10-7-13-5-4-8-16-11-13/h4-5,8,11-12H,6-7,9-10H2,1-3H3,(H2,15,17,18). The van der Waals surface area contributed by atoms with Crippen molar-refractivity contribution >= 4 is 5.96 Å². The van der Waals surface area contributed by atoms with E-state index < -0.39 is 0 Å². The molecule has 100 valence electrons. The molecule has 0 saturated carbocycles. The number of nitrogens with zero attached hydrogens (tertiary/aromatic N) is 2. The fraction of sp³-hybridized carbons (Fsp3) is 0.571. The summed E-state index contributed by atoms with van der Waals surface area (Å²) in [5, 5.41) is 6.61. The fourth-order valence-electron chi connectivity index (χ4n) is 1.57. The predicted molar refractivity (Wildman–Crippen MR) is 76.8 cm³/mol. The molecule has 4 nitrogen and oxygen atoms in total. The summed E-state index contributed by atoms with van der Waals surface area (Å²) in [6.45, 7) is 6.28. The highest BCUT2D eigenvalue weighted by Gasteiger charge is 1.98. The average Bonchev–Trinajstić information content (AvgIpc) is 2.38. The molecule has 0 amide bonds. The molecule has 0 aliphatic heterocycles. The Kier molecular flexibility index (Phi) is 6.84. The Hall–Kier alpha value is -1.58. The van der Waals surface area contributed by atoms with E-state index in [0.717, 1.165) is 31.9 Å². The third-order valence-corrected chi connectivity index (χ3v) is 2.67. The fourth-order valence-corrected chi connectivity index (χ4v) is 1.57. The zero-order valence-corrected chi connectivity index (χ0v) is 11.6. The number of aromatic nitrogens is 1. The molecule has 0 bridgehead atoms. The van der Waals surface area contributed by atoms with Crippen LogP contribution in [0.25, 0.3) is 0 Å². The highest BCUT2D eigenvalue weighted by atomic mass is 15.2. The molecule has 1 aromatic rings. The van der Waals surface area contributed by atoms with Crippen molar-refractivity contribution in [2.75, 3.05) is 20.1 Å². The molecule has 0 spiro atoms. The van der Waals surface area contributed by atoms with Crippen LogP contribution < -0.4 is 10.6 Å². The van der Waals surface area contributed by atoms with E-state index in [9.17, 15) is 0 Å². The first-order chi connectivity index (χ1) is 8.72. The van der Waals surface area contributed by atoms with Crippen LogP contribution in [0.4, 0.5) is 0 Å². The number of pyridine rings is 1. The minimum absolute atomic E-state index is 0.714. The van der Waals surface area contributed by atoms with Crippen LogP contribution in [0, 0.1) is 5.92 Å². The van der Waals surface area contributed by atoms with Gasteiger partial charge in [0.1, 0.15) is 0 Å². The molecular formula is C14H24N4. The van der Waals surface area contributed by atoms with E-state index in [2.05, 4.69) is 40.5 Å². The summed E-state index contributed by atoms with van der Waals surface area (Å²) in [6.07, 6.45) is 5.81. The van der Waals surface area contributed by atoms with Crippen LogP contribution in [0.1, 0.15) is 25.8 Å². The molecule has 18 heavy (non-hydrogen) atoms. The Morgan fingerprint density at radius 2 is 2.11 bits per heavy atom. The summed E-state index contributed by atoms with van der Waals surface area (Å²) in [5.74, 6) is 1.59. The van der Waals surface area contributed by atoms with Gasteiger partial charge in [0.2, 0.25) is 0 Å². The summed E-state index contributed by atoms with van der Waals surface area (Å²) in [4.78, 5) is 8.29. The number of hydrogen-bond acceptors (Lipinski definition) is 2. The minimum atomic E-state index is 0.714. The summed E-state index contributed by atoms with van der Waals surface area (Å²) in [7, 11) is 1.80. The van der Waals surface area contributed by atoms with Gasteiger partial charge in [-0.15, -0.1) is 0 Å². The van der Waals surface area contributed by atoms with Gasteiger partial charge in [0, 0.05) is 32.5 Å². The molecule has 0 unspecified atom stereocenters. The Morgan fingerprint density at radius 1 is 1.33 bits per heavy atom. The molecule has 0 fully saturated rings. The molecule has 0 saturated heterocycles. The summed E-state index contributed by atoms with van der Waals surface area (Å²) in [5.41, 5.74) is 1.24. The summed E-state index contributed by atoms with van der Waals surface area (Å²) >= 11 is 0. The Morgan fingerprint density at radius 3 is 2.72 bits per heavy atom. The van der Waals surface area contributed by atoms with Crippen molar-refractivity contribution in [3.63, 3.8) is 0 Å². The maximum atomic E-state index is 4.19. The SMILES string of the molecule is CN=C(NCCc1cccnc1)NCCC(C)C. The third kappa shape index (κ3) is 6.23. The van der Waals surface area contributed by atoms with Crippen LogP contribution in [-0.2, 0) is 6.42 Å². The molecule has 1 rings (SSSR count). The van der Waals surface area contributed by atoms with Crippen LogP contribution in [0.3, 0.4) is 0 Å². The van der Waals surface area contributed by atoms with Crippen molar-refractivity contribution in [1.82, 2.24) is 15.6 Å². The van der Waals surface area contributed by atoms with Gasteiger partial charge >= 0.3 is 0 Å². The van der Waals surface area contributed by atoms with Gasteiger partial charge in [-0.25, -0.2) is 0 Å². The number of hydrogen-bond donors (Lipinski definition) is 2. The number of nitrogens with one attached hydrogen (secondary N) is 2. The van der Waals surface area contributed by atoms with Crippen molar-refractivity contribution in [3.05, 3.63) is 30.1 Å². The highest BCUT2D eigenvalue weighted by Crippen LogP contribution is 1.97. The number of guanidine groups is 1. The molecular weight excluding hydrogens is 224 g/mol. The first-order valence-electron chi connectivity index (χ1n) is 6.55. The van der Waals surface area contributed by atoms with E-state index in [-0.39, 0.29) is 0 Å². The van der Waals surface area contributed by atoms with Crippen molar-refractivity contribution in [3.8, 4) is 0 Å². The molecule has 0 atom stereocenters. The predicted octanol–water partition coefficient (Wildman–Crippen LogP) is 1.84. The number of aliphatic imine (C=N–C) groups is 1. The van der Waals surface area contributed by atoms with Gasteiger partial charge in [-0.1, -0.05) is 19.9 Å². The normalized spacial score (nSPS) is 11.7. The molecule has 1 heterocycles. The lowest BCUT2D eigenvalue weighted by atomic mass is 10.1. The van der Waals surface area contributed by atoms with E-state index in [1.807, 2.05) is 12.3 Å². The second kappa shape index (κ2) is 8.50. The molecule has 0 aliphatic carbocycles. The molecule has 0 aromatic carbocycles. The topological polar surface area (TPSA) is 49.3 Å². The van der Waals surface area contributed by atoms with E-state index in [4.69, 9.17) is 0 Å². The molecule has 4 heteroatoms. The molecule has 0 radical (unpaired) electrons. The van der Waals surface area contributed by atoms with Gasteiger partial charge in [0.15, 0.2) is 5.96 Å². The van der Waals surface area contributed by atoms with Gasteiger partial charge in [-0.2, -0.15) is 0 Å². The molecule has 0 aliphatic rings. The second-order valence-electron chi connectivity index (χ2n) is 4.72. The lowest BCUT2D eigenvalue weighted by molar-refractivity contribution is 0.573. The Balaban J connectivity index is 2.20. The quantitative estimate of drug-likeness (QED) is 0.596. The van der Waals surface area contributed by atoms with Crippen LogP contribution in [0.2, 0.25) is 0 Å². The van der Waals surface area contributed by atoms with E-state index in [1.54, 1.807) is 13.2 Å². The van der Waals surface area contributed by atoms with Crippen molar-refractivity contribution in [2.24, 2.45) is 10.9 Å². The van der Waals surface area contributed by atoms with Crippen LogP contribution in [0.15, 0.2) is 29.5 Å². The van der Waals surface area contributed by atoms with E-state index >= 15 is 0 Å². The lowest BCUT2D eigenvalue weighted by Crippen LogP contribution is -2.39. The van der Waals surface area contributed by atoms with Gasteiger partial charge in [0.25, 0.3) is 0 Å². The monoisotopic (exact) mass is 248 g/mol. The maximum Gasteiger partial charge on any atom is 0.190 e. The van der Waals surface area contributed by atoms with Gasteiger partial charge in [0.05, 0.1) is 0 Å². The van der Waals surface area contributed by atoms with Crippen molar-refractivity contribution < 1.29 is 0 Å². The highest BCUT2D eigenvalue weighted by molar-refractivity contribution is 5.79.